The lowest BCUT2D eigenvalue weighted by Crippen LogP contribution is -2.18. The molecule has 0 aliphatic rings. The summed E-state index contributed by atoms with van der Waals surface area (Å²) in [5.41, 5.74) is 4.91. The van der Waals surface area contributed by atoms with E-state index in [1.54, 1.807) is 0 Å². The first-order valence-electron chi connectivity index (χ1n) is 7.47. The second-order valence-electron chi connectivity index (χ2n) is 5.28. The van der Waals surface area contributed by atoms with Crippen LogP contribution in [-0.4, -0.2) is 11.5 Å². The van der Waals surface area contributed by atoms with Crippen LogP contribution in [0.2, 0.25) is 0 Å². The molecule has 2 aromatic carbocycles. The molecule has 0 saturated carbocycles. The van der Waals surface area contributed by atoms with Gasteiger partial charge in [-0.05, 0) is 48.4 Å². The largest absolute Gasteiger partial charge is 0.310 e. The first-order chi connectivity index (χ1) is 10.3. The van der Waals surface area contributed by atoms with E-state index in [-0.39, 0.29) is 0 Å². The van der Waals surface area contributed by atoms with Gasteiger partial charge in [0.2, 0.25) is 0 Å². The number of nitrogens with zero attached hydrogens (tertiary/aromatic N) is 1. The van der Waals surface area contributed by atoms with Crippen LogP contribution in [0.5, 0.6) is 0 Å². The molecular weight excluding hydrogens is 256 g/mol. The standard InChI is InChI=1S/C19H20N2/c1-3-20-14(2)17-8-4-5-9-18(17)15-10-11-19-16(13-15)7-6-12-21-19/h4-14,20H,3H2,1-2H3. The van der Waals surface area contributed by atoms with Crippen LogP contribution in [0.3, 0.4) is 0 Å². The molecule has 0 bridgehead atoms. The first kappa shape index (κ1) is 13.8. The van der Waals surface area contributed by atoms with Gasteiger partial charge in [-0.1, -0.05) is 43.3 Å². The molecular formula is C19H20N2. The van der Waals surface area contributed by atoms with Gasteiger partial charge in [0.25, 0.3) is 0 Å². The summed E-state index contributed by atoms with van der Waals surface area (Å²) < 4.78 is 0. The van der Waals surface area contributed by atoms with Gasteiger partial charge in [0.1, 0.15) is 0 Å². The predicted molar refractivity (Wildman–Crippen MR) is 89.3 cm³/mol. The van der Waals surface area contributed by atoms with Crippen molar-refractivity contribution in [1.29, 1.82) is 0 Å². The van der Waals surface area contributed by atoms with Gasteiger partial charge in [0.15, 0.2) is 0 Å². The molecule has 106 valence electrons. The Morgan fingerprint density at radius 1 is 1.05 bits per heavy atom. The van der Waals surface area contributed by atoms with Gasteiger partial charge < -0.3 is 5.32 Å². The van der Waals surface area contributed by atoms with Crippen LogP contribution >= 0.6 is 0 Å². The molecule has 1 N–H and O–H groups in total. The molecule has 0 radical (unpaired) electrons. The van der Waals surface area contributed by atoms with Crippen molar-refractivity contribution in [2.24, 2.45) is 0 Å². The Labute approximate surface area is 125 Å². The molecule has 1 atom stereocenters. The van der Waals surface area contributed by atoms with Crippen LogP contribution in [0.15, 0.2) is 60.8 Å². The number of benzene rings is 2. The molecule has 0 amide bonds. The quantitative estimate of drug-likeness (QED) is 0.755. The molecule has 2 nitrogen and oxygen atoms in total. The molecule has 21 heavy (non-hydrogen) atoms. The third kappa shape index (κ3) is 2.81. The highest BCUT2D eigenvalue weighted by atomic mass is 14.9. The fourth-order valence-electron chi connectivity index (χ4n) is 2.80. The van der Waals surface area contributed by atoms with Gasteiger partial charge in [0, 0.05) is 17.6 Å². The molecule has 1 aromatic heterocycles. The van der Waals surface area contributed by atoms with E-state index in [1.807, 2.05) is 12.3 Å². The molecule has 0 spiro atoms. The number of rotatable bonds is 4. The summed E-state index contributed by atoms with van der Waals surface area (Å²) in [6, 6.07) is 19.5. The van der Waals surface area contributed by atoms with Crippen LogP contribution in [0.4, 0.5) is 0 Å². The lowest BCUT2D eigenvalue weighted by Gasteiger charge is -2.17. The fourth-order valence-corrected chi connectivity index (χ4v) is 2.80. The van der Waals surface area contributed by atoms with Crippen molar-refractivity contribution >= 4 is 10.9 Å². The SMILES string of the molecule is CCNC(C)c1ccccc1-c1ccc2ncccc2c1. The molecule has 0 fully saturated rings. The lowest BCUT2D eigenvalue weighted by molar-refractivity contribution is 0.599. The average molecular weight is 276 g/mol. The third-order valence-corrected chi connectivity index (χ3v) is 3.85. The van der Waals surface area contributed by atoms with Crippen LogP contribution in [0, 0.1) is 0 Å². The van der Waals surface area contributed by atoms with Crippen molar-refractivity contribution < 1.29 is 0 Å². The fraction of sp³-hybridized carbons (Fsp3) is 0.211. The van der Waals surface area contributed by atoms with Crippen LogP contribution < -0.4 is 5.32 Å². The Kier molecular flexibility index (Phi) is 3.98. The van der Waals surface area contributed by atoms with E-state index in [0.717, 1.165) is 12.1 Å². The van der Waals surface area contributed by atoms with Gasteiger partial charge in [-0.25, -0.2) is 0 Å². The second kappa shape index (κ2) is 6.06. The average Bonchev–Trinajstić information content (AvgIpc) is 2.54. The Morgan fingerprint density at radius 3 is 2.76 bits per heavy atom. The molecule has 3 aromatic rings. The highest BCUT2D eigenvalue weighted by molar-refractivity contribution is 5.85. The Balaban J connectivity index is 2.09. The van der Waals surface area contributed by atoms with Gasteiger partial charge in [-0.3, -0.25) is 4.98 Å². The van der Waals surface area contributed by atoms with Crippen molar-refractivity contribution in [3.8, 4) is 11.1 Å². The topological polar surface area (TPSA) is 24.9 Å². The van der Waals surface area contributed by atoms with Crippen molar-refractivity contribution in [3.05, 3.63) is 66.4 Å². The van der Waals surface area contributed by atoms with Gasteiger partial charge in [0.05, 0.1) is 5.52 Å². The van der Waals surface area contributed by atoms with E-state index < -0.39 is 0 Å². The van der Waals surface area contributed by atoms with Crippen molar-refractivity contribution in [3.63, 3.8) is 0 Å². The smallest absolute Gasteiger partial charge is 0.0702 e. The molecule has 0 aliphatic carbocycles. The highest BCUT2D eigenvalue weighted by Crippen LogP contribution is 2.30. The number of pyridine rings is 1. The first-order valence-corrected chi connectivity index (χ1v) is 7.47. The van der Waals surface area contributed by atoms with E-state index in [4.69, 9.17) is 0 Å². The van der Waals surface area contributed by atoms with Gasteiger partial charge >= 0.3 is 0 Å². The summed E-state index contributed by atoms with van der Waals surface area (Å²) in [4.78, 5) is 4.39. The number of aromatic nitrogens is 1. The monoisotopic (exact) mass is 276 g/mol. The van der Waals surface area contributed by atoms with Crippen molar-refractivity contribution in [2.75, 3.05) is 6.54 Å². The maximum absolute atomic E-state index is 4.39. The van der Waals surface area contributed by atoms with E-state index in [0.29, 0.717) is 6.04 Å². The molecule has 2 heteroatoms. The zero-order valence-corrected chi connectivity index (χ0v) is 12.5. The van der Waals surface area contributed by atoms with E-state index >= 15 is 0 Å². The normalized spacial score (nSPS) is 12.5. The Hall–Kier alpha value is -2.19. The van der Waals surface area contributed by atoms with Gasteiger partial charge in [-0.2, -0.15) is 0 Å². The summed E-state index contributed by atoms with van der Waals surface area (Å²) in [6.07, 6.45) is 1.84. The summed E-state index contributed by atoms with van der Waals surface area (Å²) >= 11 is 0. The number of hydrogen-bond acceptors (Lipinski definition) is 2. The van der Waals surface area contributed by atoms with Crippen LogP contribution in [0.25, 0.3) is 22.0 Å². The van der Waals surface area contributed by atoms with Crippen molar-refractivity contribution in [2.45, 2.75) is 19.9 Å². The molecule has 1 heterocycles. The van der Waals surface area contributed by atoms with Crippen LogP contribution in [-0.2, 0) is 0 Å². The second-order valence-corrected chi connectivity index (χ2v) is 5.28. The molecule has 0 saturated heterocycles. The van der Waals surface area contributed by atoms with Gasteiger partial charge in [-0.15, -0.1) is 0 Å². The predicted octanol–water partition coefficient (Wildman–Crippen LogP) is 4.57. The zero-order chi connectivity index (χ0) is 14.7. The summed E-state index contributed by atoms with van der Waals surface area (Å²) in [7, 11) is 0. The highest BCUT2D eigenvalue weighted by Gasteiger charge is 2.10. The maximum Gasteiger partial charge on any atom is 0.0702 e. The minimum Gasteiger partial charge on any atom is -0.310 e. The molecule has 1 unspecified atom stereocenters. The van der Waals surface area contributed by atoms with E-state index in [9.17, 15) is 0 Å². The summed E-state index contributed by atoms with van der Waals surface area (Å²) in [6.45, 7) is 5.32. The van der Waals surface area contributed by atoms with E-state index in [2.05, 4.69) is 72.7 Å². The Morgan fingerprint density at radius 2 is 1.90 bits per heavy atom. The third-order valence-electron chi connectivity index (χ3n) is 3.85. The van der Waals surface area contributed by atoms with Crippen molar-refractivity contribution in [1.82, 2.24) is 10.3 Å². The summed E-state index contributed by atoms with van der Waals surface area (Å²) in [5.74, 6) is 0. The number of hydrogen-bond donors (Lipinski definition) is 1. The van der Waals surface area contributed by atoms with E-state index in [1.165, 1.54) is 22.1 Å². The molecule has 3 rings (SSSR count). The zero-order valence-electron chi connectivity index (χ0n) is 12.5. The lowest BCUT2D eigenvalue weighted by atomic mass is 9.94. The number of fused-ring (bicyclic) bond motifs is 1. The van der Waals surface area contributed by atoms with Crippen LogP contribution in [0.1, 0.15) is 25.5 Å². The molecule has 0 aliphatic heterocycles. The Bertz CT molecular complexity index is 749. The number of nitrogens with one attached hydrogen (secondary N) is 1. The minimum atomic E-state index is 0.343. The summed E-state index contributed by atoms with van der Waals surface area (Å²) in [5, 5.41) is 4.68. The minimum absolute atomic E-state index is 0.343. The maximum atomic E-state index is 4.39.